The number of hydrogen-bond donors (Lipinski definition) is 1. The van der Waals surface area contributed by atoms with Crippen molar-refractivity contribution in [2.24, 2.45) is 5.41 Å². The fraction of sp³-hybridized carbons (Fsp3) is 0.400. The molecule has 7 heteroatoms. The molecule has 1 fully saturated rings. The van der Waals surface area contributed by atoms with Crippen LogP contribution < -0.4 is 0 Å². The Morgan fingerprint density at radius 3 is 2.41 bits per heavy atom. The summed E-state index contributed by atoms with van der Waals surface area (Å²) in [5.41, 5.74) is -0.787. The van der Waals surface area contributed by atoms with E-state index in [0.29, 0.717) is 31.7 Å². The summed E-state index contributed by atoms with van der Waals surface area (Å²) in [5.74, 6) is -1.67. The zero-order valence-electron chi connectivity index (χ0n) is 15.4. The second kappa shape index (κ2) is 7.78. The van der Waals surface area contributed by atoms with Crippen molar-refractivity contribution in [3.63, 3.8) is 0 Å². The fourth-order valence-corrected chi connectivity index (χ4v) is 4.16. The highest BCUT2D eigenvalue weighted by Gasteiger charge is 2.40. The number of benzene rings is 1. The molecule has 2 heterocycles. The lowest BCUT2D eigenvalue weighted by molar-refractivity contribution is -0.159. The topological polar surface area (TPSA) is 60.9 Å². The molecule has 1 N–H and O–H groups in total. The van der Waals surface area contributed by atoms with Crippen LogP contribution >= 0.6 is 11.3 Å². The number of rotatable bonds is 5. The molecule has 1 saturated heterocycles. The van der Waals surface area contributed by atoms with Crippen molar-refractivity contribution < 1.29 is 19.1 Å². The van der Waals surface area contributed by atoms with Crippen LogP contribution in [0.1, 0.15) is 18.7 Å². The van der Waals surface area contributed by atoms with Crippen LogP contribution in [0.4, 0.5) is 4.39 Å². The molecule has 1 aromatic heterocycles. The summed E-state index contributed by atoms with van der Waals surface area (Å²) in [6.07, 6.45) is 0. The number of hydrogen-bond acceptors (Lipinski definition) is 4. The Morgan fingerprint density at radius 2 is 1.78 bits per heavy atom. The Hall–Kier alpha value is -2.25. The number of thiophene rings is 1. The first kappa shape index (κ1) is 19.5. The number of carbonyl (C=O) groups excluding carboxylic acids is 1. The molecule has 1 aromatic carbocycles. The van der Waals surface area contributed by atoms with Gasteiger partial charge >= 0.3 is 5.97 Å². The number of halogens is 1. The minimum atomic E-state index is -1.40. The zero-order chi connectivity index (χ0) is 19.6. The molecule has 0 unspecified atom stereocenters. The Balaban J connectivity index is 1.58. The van der Waals surface area contributed by atoms with Crippen molar-refractivity contribution in [2.75, 3.05) is 26.2 Å². The monoisotopic (exact) mass is 390 g/mol. The zero-order valence-corrected chi connectivity index (χ0v) is 16.3. The van der Waals surface area contributed by atoms with Crippen LogP contribution in [0.3, 0.4) is 0 Å². The van der Waals surface area contributed by atoms with Gasteiger partial charge in [-0.2, -0.15) is 0 Å². The number of carboxylic acid groups (broad SMARTS) is 1. The first-order valence-corrected chi connectivity index (χ1v) is 9.69. The minimum absolute atomic E-state index is 0.223. The van der Waals surface area contributed by atoms with E-state index >= 15 is 0 Å². The number of amides is 1. The molecule has 1 aliphatic rings. The van der Waals surface area contributed by atoms with Crippen molar-refractivity contribution >= 4 is 23.2 Å². The maximum absolute atomic E-state index is 13.9. The van der Waals surface area contributed by atoms with Gasteiger partial charge in [0.05, 0.1) is 0 Å². The maximum Gasteiger partial charge on any atom is 0.318 e. The van der Waals surface area contributed by atoms with Crippen molar-refractivity contribution in [1.29, 1.82) is 0 Å². The highest BCUT2D eigenvalue weighted by Crippen LogP contribution is 2.31. The molecule has 144 valence electrons. The minimum Gasteiger partial charge on any atom is -0.480 e. The molecule has 0 bridgehead atoms. The van der Waals surface area contributed by atoms with Gasteiger partial charge in [-0.25, -0.2) is 4.39 Å². The van der Waals surface area contributed by atoms with Crippen molar-refractivity contribution in [3.8, 4) is 10.4 Å². The number of piperazine rings is 1. The van der Waals surface area contributed by atoms with Gasteiger partial charge in [-0.3, -0.25) is 14.5 Å². The van der Waals surface area contributed by atoms with E-state index in [2.05, 4.69) is 4.90 Å². The molecule has 2 aromatic rings. The Labute approximate surface area is 162 Å². The summed E-state index contributed by atoms with van der Waals surface area (Å²) in [7, 11) is 0. The van der Waals surface area contributed by atoms with E-state index < -0.39 is 11.4 Å². The van der Waals surface area contributed by atoms with Gasteiger partial charge in [0.2, 0.25) is 5.91 Å². The van der Waals surface area contributed by atoms with Crippen LogP contribution in [-0.2, 0) is 16.1 Å². The Kier molecular flexibility index (Phi) is 5.62. The first-order chi connectivity index (χ1) is 12.8. The predicted octanol–water partition coefficient (Wildman–Crippen LogP) is 3.31. The van der Waals surface area contributed by atoms with Gasteiger partial charge in [0, 0.05) is 48.0 Å². The molecular formula is C20H23FN2O3S. The molecule has 0 aliphatic carbocycles. The van der Waals surface area contributed by atoms with Crippen LogP contribution in [0.25, 0.3) is 10.4 Å². The smallest absolute Gasteiger partial charge is 0.318 e. The highest BCUT2D eigenvalue weighted by atomic mass is 32.1. The molecule has 5 nitrogen and oxygen atoms in total. The van der Waals surface area contributed by atoms with Crippen molar-refractivity contribution in [1.82, 2.24) is 9.80 Å². The molecule has 27 heavy (non-hydrogen) atoms. The maximum atomic E-state index is 13.9. The molecule has 0 spiro atoms. The third-order valence-corrected chi connectivity index (χ3v) is 6.01. The summed E-state index contributed by atoms with van der Waals surface area (Å²) in [5, 5.41) is 9.22. The largest absolute Gasteiger partial charge is 0.480 e. The van der Waals surface area contributed by atoms with E-state index in [1.807, 2.05) is 18.2 Å². The fourth-order valence-electron chi connectivity index (χ4n) is 3.08. The number of carbonyl (C=O) groups is 2. The van der Waals surface area contributed by atoms with Gasteiger partial charge in [-0.15, -0.1) is 11.3 Å². The Morgan fingerprint density at radius 1 is 1.11 bits per heavy atom. The predicted molar refractivity (Wildman–Crippen MR) is 103 cm³/mol. The van der Waals surface area contributed by atoms with E-state index in [0.717, 1.165) is 16.3 Å². The molecule has 1 amide bonds. The van der Waals surface area contributed by atoms with Crippen LogP contribution in [0.15, 0.2) is 36.4 Å². The lowest BCUT2D eigenvalue weighted by Crippen LogP contribution is -2.53. The summed E-state index contributed by atoms with van der Waals surface area (Å²) in [6, 6.07) is 10.7. The molecule has 1 aliphatic heterocycles. The van der Waals surface area contributed by atoms with E-state index in [4.69, 9.17) is 0 Å². The molecule has 3 rings (SSSR count). The summed E-state index contributed by atoms with van der Waals surface area (Å²) in [4.78, 5) is 29.6. The van der Waals surface area contributed by atoms with Gasteiger partial charge in [0.1, 0.15) is 11.2 Å². The average molecular weight is 390 g/mol. The third kappa shape index (κ3) is 4.20. The molecule has 0 saturated carbocycles. The molecule has 0 atom stereocenters. The van der Waals surface area contributed by atoms with Crippen molar-refractivity contribution in [2.45, 2.75) is 20.4 Å². The number of carboxylic acids is 1. The SMILES string of the molecule is CC(C)(C(=O)O)C(=O)N1CCN(Cc2ccc(-c3ccccc3F)s2)CC1. The van der Waals surface area contributed by atoms with Gasteiger partial charge in [0.15, 0.2) is 0 Å². The lowest BCUT2D eigenvalue weighted by Gasteiger charge is -2.37. The standard InChI is InChI=1S/C20H23FN2O3S/c1-20(2,19(25)26)18(24)23-11-9-22(10-12-23)13-14-7-8-17(27-14)15-5-3-4-6-16(15)21/h3-8H,9-13H2,1-2H3,(H,25,26). The summed E-state index contributed by atoms with van der Waals surface area (Å²) >= 11 is 1.57. The normalized spacial score (nSPS) is 15.7. The summed E-state index contributed by atoms with van der Waals surface area (Å²) < 4.78 is 13.9. The van der Waals surface area contributed by atoms with E-state index in [1.54, 1.807) is 28.4 Å². The second-order valence-corrected chi connectivity index (χ2v) is 8.41. The van der Waals surface area contributed by atoms with Gasteiger partial charge in [-0.05, 0) is 32.0 Å². The Bertz CT molecular complexity index is 841. The second-order valence-electron chi connectivity index (χ2n) is 7.24. The van der Waals surface area contributed by atoms with Crippen LogP contribution in [-0.4, -0.2) is 53.0 Å². The number of aliphatic carboxylic acids is 1. The van der Waals surface area contributed by atoms with Crippen molar-refractivity contribution in [3.05, 3.63) is 47.1 Å². The lowest BCUT2D eigenvalue weighted by atomic mass is 9.91. The average Bonchev–Trinajstić information content (AvgIpc) is 3.10. The molecular weight excluding hydrogens is 367 g/mol. The molecule has 0 radical (unpaired) electrons. The third-order valence-electron chi connectivity index (χ3n) is 4.91. The van der Waals surface area contributed by atoms with E-state index in [1.165, 1.54) is 19.9 Å². The summed E-state index contributed by atoms with van der Waals surface area (Å²) in [6.45, 7) is 6.04. The van der Waals surface area contributed by atoms with E-state index in [-0.39, 0.29) is 11.7 Å². The first-order valence-electron chi connectivity index (χ1n) is 8.88. The van der Waals surface area contributed by atoms with E-state index in [9.17, 15) is 19.1 Å². The van der Waals surface area contributed by atoms with Crippen LogP contribution in [0, 0.1) is 11.2 Å². The van der Waals surface area contributed by atoms with Crippen LogP contribution in [0.2, 0.25) is 0 Å². The van der Waals surface area contributed by atoms with Crippen LogP contribution in [0.5, 0.6) is 0 Å². The highest BCUT2D eigenvalue weighted by molar-refractivity contribution is 7.15. The van der Waals surface area contributed by atoms with Gasteiger partial charge < -0.3 is 10.0 Å². The quantitative estimate of drug-likeness (QED) is 0.796. The number of nitrogens with zero attached hydrogens (tertiary/aromatic N) is 2. The van der Waals surface area contributed by atoms with Gasteiger partial charge in [-0.1, -0.05) is 18.2 Å². The van der Waals surface area contributed by atoms with Gasteiger partial charge in [0.25, 0.3) is 0 Å².